The quantitative estimate of drug-likeness (QED) is 0.453. The largest absolute Gasteiger partial charge is 0.431 e. The van der Waals surface area contributed by atoms with Gasteiger partial charge in [0.25, 0.3) is 11.2 Å². The highest BCUT2D eigenvalue weighted by molar-refractivity contribution is 9.10. The lowest BCUT2D eigenvalue weighted by atomic mass is 10.2. The fourth-order valence-corrected chi connectivity index (χ4v) is 2.14. The van der Waals surface area contributed by atoms with Crippen molar-refractivity contribution in [1.82, 2.24) is 4.57 Å². The highest BCUT2D eigenvalue weighted by Crippen LogP contribution is 2.33. The molecule has 0 N–H and O–H groups in total. The summed E-state index contributed by atoms with van der Waals surface area (Å²) in [6.45, 7) is 0. The summed E-state index contributed by atoms with van der Waals surface area (Å²) >= 11 is 2.74. The van der Waals surface area contributed by atoms with Gasteiger partial charge in [-0.1, -0.05) is 6.07 Å². The Labute approximate surface area is 128 Å². The van der Waals surface area contributed by atoms with Crippen LogP contribution in [0.15, 0.2) is 39.6 Å². The smallest absolute Gasteiger partial charge is 0.268 e. The van der Waals surface area contributed by atoms with Crippen molar-refractivity contribution in [2.75, 3.05) is 0 Å². The van der Waals surface area contributed by atoms with Gasteiger partial charge in [0, 0.05) is 6.07 Å². The Hall–Kier alpha value is -2.23. The van der Waals surface area contributed by atoms with E-state index in [0.29, 0.717) is 6.07 Å². The summed E-state index contributed by atoms with van der Waals surface area (Å²) in [6, 6.07) is 3.88. The second kappa shape index (κ2) is 5.52. The third-order valence-corrected chi connectivity index (χ3v) is 3.32. The van der Waals surface area contributed by atoms with Gasteiger partial charge < -0.3 is 0 Å². The van der Waals surface area contributed by atoms with Gasteiger partial charge >= 0.3 is 6.18 Å². The molecule has 0 unspecified atom stereocenters. The number of nitro groups is 1. The van der Waals surface area contributed by atoms with Gasteiger partial charge in [-0.2, -0.15) is 13.2 Å². The van der Waals surface area contributed by atoms with E-state index in [9.17, 15) is 32.5 Å². The first-order chi connectivity index (χ1) is 10.1. The molecule has 0 aliphatic rings. The fraction of sp³-hybridized carbons (Fsp3) is 0.0833. The second-order valence-corrected chi connectivity index (χ2v) is 4.92. The average molecular weight is 381 g/mol. The van der Waals surface area contributed by atoms with Crippen LogP contribution in [0, 0.1) is 15.9 Å². The Bertz CT molecular complexity index is 817. The predicted octanol–water partition coefficient (Wildman–Crippen LogP) is 3.67. The van der Waals surface area contributed by atoms with Crippen LogP contribution >= 0.6 is 15.9 Å². The number of nitrogens with zero attached hydrogens (tertiary/aromatic N) is 2. The van der Waals surface area contributed by atoms with Crippen LogP contribution in [-0.2, 0) is 6.18 Å². The number of para-hydroxylation sites is 1. The van der Waals surface area contributed by atoms with Crippen molar-refractivity contribution >= 4 is 21.6 Å². The monoisotopic (exact) mass is 380 g/mol. The zero-order valence-electron chi connectivity index (χ0n) is 10.4. The molecule has 10 heteroatoms. The van der Waals surface area contributed by atoms with Crippen LogP contribution in [0.4, 0.5) is 23.2 Å². The molecule has 1 aromatic carbocycles. The molecule has 116 valence electrons. The molecule has 0 fully saturated rings. The maximum atomic E-state index is 13.9. The second-order valence-electron chi connectivity index (χ2n) is 4.07. The third-order valence-electron chi connectivity index (χ3n) is 2.71. The van der Waals surface area contributed by atoms with E-state index in [4.69, 9.17) is 0 Å². The zero-order valence-corrected chi connectivity index (χ0v) is 12.0. The van der Waals surface area contributed by atoms with Crippen molar-refractivity contribution in [2.45, 2.75) is 6.18 Å². The Balaban J connectivity index is 2.99. The van der Waals surface area contributed by atoms with Crippen LogP contribution in [0.5, 0.6) is 0 Å². The van der Waals surface area contributed by atoms with Crippen LogP contribution in [-0.4, -0.2) is 9.49 Å². The van der Waals surface area contributed by atoms with Crippen LogP contribution in [0.25, 0.3) is 5.69 Å². The van der Waals surface area contributed by atoms with Gasteiger partial charge in [0.1, 0.15) is 5.69 Å². The van der Waals surface area contributed by atoms with Crippen LogP contribution < -0.4 is 5.56 Å². The molecular formula is C12H5BrF4N2O3. The van der Waals surface area contributed by atoms with Gasteiger partial charge in [0.05, 0.1) is 9.40 Å². The number of pyridine rings is 1. The molecule has 0 saturated heterocycles. The number of benzene rings is 1. The molecule has 5 nitrogen and oxygen atoms in total. The normalized spacial score (nSPS) is 11.5. The SMILES string of the molecule is O=c1c(Br)ccc(C(F)(F)F)n1-c1c(F)cccc1[N+](=O)[O-]. The van der Waals surface area contributed by atoms with E-state index < -0.39 is 39.5 Å². The first kappa shape index (κ1) is 16.1. The number of halogens is 5. The third kappa shape index (κ3) is 2.73. The van der Waals surface area contributed by atoms with E-state index in [1.165, 1.54) is 0 Å². The lowest BCUT2D eigenvalue weighted by Gasteiger charge is -2.16. The van der Waals surface area contributed by atoms with Gasteiger partial charge in [0.2, 0.25) is 0 Å². The molecule has 0 aliphatic heterocycles. The molecule has 2 rings (SSSR count). The standard InChI is InChI=1S/C12H5BrF4N2O3/c13-6-4-5-9(12(15,16)17)18(11(6)20)10-7(14)2-1-3-8(10)19(21)22/h1-5H. The van der Waals surface area contributed by atoms with Crippen molar-refractivity contribution in [2.24, 2.45) is 0 Å². The molecule has 1 heterocycles. The lowest BCUT2D eigenvalue weighted by Crippen LogP contribution is -2.28. The van der Waals surface area contributed by atoms with Gasteiger partial charge in [0.15, 0.2) is 11.5 Å². The first-order valence-corrected chi connectivity index (χ1v) is 6.36. The molecule has 0 saturated carbocycles. The highest BCUT2D eigenvalue weighted by atomic mass is 79.9. The summed E-state index contributed by atoms with van der Waals surface area (Å²) in [4.78, 5) is 21.9. The molecule has 2 aromatic rings. The lowest BCUT2D eigenvalue weighted by molar-refractivity contribution is -0.384. The number of aromatic nitrogens is 1. The number of alkyl halides is 3. The molecular weight excluding hydrogens is 376 g/mol. The van der Waals surface area contributed by atoms with Crippen LogP contribution in [0.1, 0.15) is 5.69 Å². The number of nitro benzene ring substituents is 1. The highest BCUT2D eigenvalue weighted by Gasteiger charge is 2.37. The van der Waals surface area contributed by atoms with Gasteiger partial charge in [-0.25, -0.2) is 4.39 Å². The van der Waals surface area contributed by atoms with Crippen LogP contribution in [0.2, 0.25) is 0 Å². The van der Waals surface area contributed by atoms with Crippen molar-refractivity contribution < 1.29 is 22.5 Å². The Morgan fingerprint density at radius 3 is 2.36 bits per heavy atom. The molecule has 0 atom stereocenters. The zero-order chi connectivity index (χ0) is 16.7. The maximum absolute atomic E-state index is 13.9. The Kier molecular flexibility index (Phi) is 4.05. The Morgan fingerprint density at radius 1 is 1.18 bits per heavy atom. The topological polar surface area (TPSA) is 65.1 Å². The number of hydrogen-bond donors (Lipinski definition) is 0. The molecule has 0 bridgehead atoms. The number of rotatable bonds is 2. The minimum absolute atomic E-state index is 0.0580. The molecule has 1 aromatic heterocycles. The van der Waals surface area contributed by atoms with E-state index in [1.807, 2.05) is 0 Å². The van der Waals surface area contributed by atoms with Gasteiger partial charge in [-0.3, -0.25) is 19.5 Å². The van der Waals surface area contributed by atoms with Crippen molar-refractivity contribution in [1.29, 1.82) is 0 Å². The minimum Gasteiger partial charge on any atom is -0.268 e. The molecule has 0 amide bonds. The van der Waals surface area contributed by atoms with E-state index in [0.717, 1.165) is 24.3 Å². The summed E-state index contributed by atoms with van der Waals surface area (Å²) in [5.74, 6) is -1.32. The van der Waals surface area contributed by atoms with Crippen molar-refractivity contribution in [3.05, 3.63) is 66.8 Å². The van der Waals surface area contributed by atoms with E-state index >= 15 is 0 Å². The summed E-state index contributed by atoms with van der Waals surface area (Å²) in [5.41, 5.74) is -4.80. The molecule has 22 heavy (non-hydrogen) atoms. The summed E-state index contributed by atoms with van der Waals surface area (Å²) in [6.07, 6.45) is -5.00. The van der Waals surface area contributed by atoms with Gasteiger partial charge in [-0.05, 0) is 34.1 Å². The average Bonchev–Trinajstić information content (AvgIpc) is 2.40. The molecule has 0 radical (unpaired) electrons. The summed E-state index contributed by atoms with van der Waals surface area (Å²) in [5, 5.41) is 10.9. The Morgan fingerprint density at radius 2 is 1.82 bits per heavy atom. The number of hydrogen-bond acceptors (Lipinski definition) is 3. The maximum Gasteiger partial charge on any atom is 0.431 e. The molecule has 0 aliphatic carbocycles. The van der Waals surface area contributed by atoms with Crippen LogP contribution in [0.3, 0.4) is 0 Å². The van der Waals surface area contributed by atoms with Crippen molar-refractivity contribution in [3.63, 3.8) is 0 Å². The summed E-state index contributed by atoms with van der Waals surface area (Å²) in [7, 11) is 0. The van der Waals surface area contributed by atoms with Crippen molar-refractivity contribution in [3.8, 4) is 5.69 Å². The molecule has 0 spiro atoms. The fourth-order valence-electron chi connectivity index (χ4n) is 1.83. The predicted molar refractivity (Wildman–Crippen MR) is 71.4 cm³/mol. The van der Waals surface area contributed by atoms with Gasteiger partial charge in [-0.15, -0.1) is 0 Å². The van der Waals surface area contributed by atoms with E-state index in [2.05, 4.69) is 15.9 Å². The first-order valence-electron chi connectivity index (χ1n) is 5.56. The summed E-state index contributed by atoms with van der Waals surface area (Å²) < 4.78 is 52.7. The minimum atomic E-state index is -5.00. The van der Waals surface area contributed by atoms with E-state index in [1.54, 1.807) is 0 Å². The van der Waals surface area contributed by atoms with E-state index in [-0.39, 0.29) is 9.04 Å².